The number of thiazole rings is 1. The van der Waals surface area contributed by atoms with Gasteiger partial charge in [-0.15, -0.1) is 11.3 Å². The third-order valence-electron chi connectivity index (χ3n) is 4.97. The summed E-state index contributed by atoms with van der Waals surface area (Å²) in [5.41, 5.74) is 4.85. The van der Waals surface area contributed by atoms with Gasteiger partial charge in [-0.3, -0.25) is 14.6 Å². The number of ether oxygens (including phenoxy) is 1. The van der Waals surface area contributed by atoms with Gasteiger partial charge in [0.05, 0.1) is 24.4 Å². The standard InChI is InChI=1S/C22H22FN3O2S/c1-16-2-4-17(5-3-16)22(27)26(19-8-6-18(23)7-9-19)21(20-14-29-15-24-20)25-10-12-28-13-11-25/h2-9,14-15,21H,10-13H2,1H3. The fraction of sp³-hybridized carbons (Fsp3) is 0.273. The normalized spacial score (nSPS) is 15.8. The van der Waals surface area contributed by atoms with Gasteiger partial charge in [0.1, 0.15) is 12.0 Å². The van der Waals surface area contributed by atoms with Crippen molar-refractivity contribution in [2.75, 3.05) is 31.2 Å². The Bertz CT molecular complexity index is 939. The lowest BCUT2D eigenvalue weighted by molar-refractivity contribution is 0.0144. The Kier molecular flexibility index (Phi) is 5.99. The fourth-order valence-electron chi connectivity index (χ4n) is 3.46. The van der Waals surface area contributed by atoms with E-state index in [0.29, 0.717) is 37.6 Å². The van der Waals surface area contributed by atoms with Crippen LogP contribution >= 0.6 is 11.3 Å². The number of benzene rings is 2. The van der Waals surface area contributed by atoms with Gasteiger partial charge in [0, 0.05) is 29.7 Å². The maximum atomic E-state index is 13.7. The van der Waals surface area contributed by atoms with Gasteiger partial charge in [-0.05, 0) is 43.3 Å². The van der Waals surface area contributed by atoms with Crippen LogP contribution in [0.3, 0.4) is 0 Å². The summed E-state index contributed by atoms with van der Waals surface area (Å²) >= 11 is 1.49. The molecule has 1 aliphatic heterocycles. The van der Waals surface area contributed by atoms with E-state index < -0.39 is 6.17 Å². The fourth-order valence-corrected chi connectivity index (χ4v) is 4.03. The summed E-state index contributed by atoms with van der Waals surface area (Å²) in [6.45, 7) is 4.53. The summed E-state index contributed by atoms with van der Waals surface area (Å²) in [4.78, 5) is 22.1. The Morgan fingerprint density at radius 3 is 2.45 bits per heavy atom. The average Bonchev–Trinajstić information content (AvgIpc) is 3.28. The number of hydrogen-bond donors (Lipinski definition) is 0. The van der Waals surface area contributed by atoms with Crippen LogP contribution in [0, 0.1) is 12.7 Å². The number of nitrogens with zero attached hydrogens (tertiary/aromatic N) is 3. The van der Waals surface area contributed by atoms with Crippen LogP contribution in [0.2, 0.25) is 0 Å². The molecular weight excluding hydrogens is 389 g/mol. The molecule has 0 aliphatic carbocycles. The van der Waals surface area contributed by atoms with Crippen molar-refractivity contribution in [2.24, 2.45) is 0 Å². The van der Waals surface area contributed by atoms with Crippen molar-refractivity contribution in [1.82, 2.24) is 9.88 Å². The van der Waals surface area contributed by atoms with E-state index in [2.05, 4.69) is 9.88 Å². The third kappa shape index (κ3) is 4.37. The number of rotatable bonds is 5. The Hall–Kier alpha value is -2.61. The zero-order valence-electron chi connectivity index (χ0n) is 16.1. The summed E-state index contributed by atoms with van der Waals surface area (Å²) in [5, 5.41) is 1.96. The molecule has 3 aromatic rings. The summed E-state index contributed by atoms with van der Waals surface area (Å²) < 4.78 is 19.1. The van der Waals surface area contributed by atoms with Crippen LogP contribution < -0.4 is 4.90 Å². The van der Waals surface area contributed by atoms with Crippen molar-refractivity contribution in [2.45, 2.75) is 13.1 Å². The first-order valence-electron chi connectivity index (χ1n) is 9.49. The summed E-state index contributed by atoms with van der Waals surface area (Å²) in [7, 11) is 0. The second kappa shape index (κ2) is 8.82. The molecule has 2 aromatic carbocycles. The van der Waals surface area contributed by atoms with E-state index in [1.165, 1.54) is 23.5 Å². The van der Waals surface area contributed by atoms with E-state index in [-0.39, 0.29) is 11.7 Å². The smallest absolute Gasteiger partial charge is 0.259 e. The molecule has 1 aromatic heterocycles. The van der Waals surface area contributed by atoms with E-state index in [0.717, 1.165) is 11.3 Å². The molecule has 1 atom stereocenters. The van der Waals surface area contributed by atoms with Gasteiger partial charge in [-0.25, -0.2) is 9.37 Å². The molecule has 5 nitrogen and oxygen atoms in total. The average molecular weight is 412 g/mol. The summed E-state index contributed by atoms with van der Waals surface area (Å²) in [6.07, 6.45) is -0.399. The van der Waals surface area contributed by atoms with Gasteiger partial charge in [0.2, 0.25) is 0 Å². The highest BCUT2D eigenvalue weighted by molar-refractivity contribution is 7.07. The van der Waals surface area contributed by atoms with Crippen molar-refractivity contribution in [3.05, 3.63) is 82.1 Å². The Balaban J connectivity index is 1.81. The van der Waals surface area contributed by atoms with Gasteiger partial charge in [-0.1, -0.05) is 17.7 Å². The molecule has 1 amide bonds. The van der Waals surface area contributed by atoms with Gasteiger partial charge in [-0.2, -0.15) is 0 Å². The molecule has 150 valence electrons. The van der Waals surface area contributed by atoms with Crippen LogP contribution in [0.15, 0.2) is 59.4 Å². The highest BCUT2D eigenvalue weighted by Gasteiger charge is 2.34. The second-order valence-electron chi connectivity index (χ2n) is 6.95. The monoisotopic (exact) mass is 411 g/mol. The zero-order chi connectivity index (χ0) is 20.2. The molecule has 1 fully saturated rings. The molecule has 2 heterocycles. The topological polar surface area (TPSA) is 45.7 Å². The maximum absolute atomic E-state index is 13.7. The van der Waals surface area contributed by atoms with Gasteiger partial charge in [0.15, 0.2) is 0 Å². The number of hydrogen-bond acceptors (Lipinski definition) is 5. The molecule has 29 heavy (non-hydrogen) atoms. The Morgan fingerprint density at radius 1 is 1.14 bits per heavy atom. The Morgan fingerprint density at radius 2 is 1.83 bits per heavy atom. The lowest BCUT2D eigenvalue weighted by Crippen LogP contribution is -2.49. The van der Waals surface area contributed by atoms with Crippen LogP contribution in [0.4, 0.5) is 10.1 Å². The first kappa shape index (κ1) is 19.7. The summed E-state index contributed by atoms with van der Waals surface area (Å²) in [5.74, 6) is -0.492. The van der Waals surface area contributed by atoms with Gasteiger partial charge in [0.25, 0.3) is 5.91 Å². The van der Waals surface area contributed by atoms with Gasteiger partial charge >= 0.3 is 0 Å². The first-order chi connectivity index (χ1) is 14.1. The van der Waals surface area contributed by atoms with Crippen molar-refractivity contribution >= 4 is 22.9 Å². The number of halogens is 1. The molecule has 4 rings (SSSR count). The van der Waals surface area contributed by atoms with Crippen molar-refractivity contribution in [3.63, 3.8) is 0 Å². The Labute approximate surface area is 173 Å². The number of carbonyl (C=O) groups is 1. The minimum Gasteiger partial charge on any atom is -0.379 e. The highest BCUT2D eigenvalue weighted by atomic mass is 32.1. The van der Waals surface area contributed by atoms with Crippen LogP contribution in [0.5, 0.6) is 0 Å². The molecule has 0 spiro atoms. The lowest BCUT2D eigenvalue weighted by atomic mass is 10.1. The van der Waals surface area contributed by atoms with E-state index in [4.69, 9.17) is 4.74 Å². The van der Waals surface area contributed by atoms with Crippen LogP contribution in [0.25, 0.3) is 0 Å². The van der Waals surface area contributed by atoms with Crippen LogP contribution in [-0.4, -0.2) is 42.1 Å². The molecule has 0 radical (unpaired) electrons. The summed E-state index contributed by atoms with van der Waals surface area (Å²) in [6, 6.07) is 13.5. The molecule has 1 unspecified atom stereocenters. The predicted molar refractivity (Wildman–Crippen MR) is 112 cm³/mol. The largest absolute Gasteiger partial charge is 0.379 e. The van der Waals surface area contributed by atoms with Crippen LogP contribution in [0.1, 0.15) is 27.8 Å². The number of anilines is 1. The minimum absolute atomic E-state index is 0.152. The predicted octanol–water partition coefficient (Wildman–Crippen LogP) is 4.27. The molecule has 1 aliphatic rings. The van der Waals surface area contributed by atoms with Gasteiger partial charge < -0.3 is 4.74 Å². The third-order valence-corrected chi connectivity index (χ3v) is 5.58. The van der Waals surface area contributed by atoms with E-state index in [1.807, 2.05) is 36.6 Å². The van der Waals surface area contributed by atoms with E-state index in [9.17, 15) is 9.18 Å². The number of aromatic nitrogens is 1. The molecule has 0 saturated carbocycles. The molecule has 1 saturated heterocycles. The number of aryl methyl sites for hydroxylation is 1. The van der Waals surface area contributed by atoms with Crippen LogP contribution in [-0.2, 0) is 4.74 Å². The first-order valence-corrected chi connectivity index (χ1v) is 10.4. The van der Waals surface area contributed by atoms with Crippen molar-refractivity contribution in [3.8, 4) is 0 Å². The van der Waals surface area contributed by atoms with Crippen molar-refractivity contribution in [1.29, 1.82) is 0 Å². The molecule has 7 heteroatoms. The lowest BCUT2D eigenvalue weighted by Gasteiger charge is -2.40. The zero-order valence-corrected chi connectivity index (χ0v) is 16.9. The molecule has 0 N–H and O–H groups in total. The SMILES string of the molecule is Cc1ccc(C(=O)N(c2ccc(F)cc2)C(c2cscn2)N2CCOCC2)cc1. The minimum atomic E-state index is -0.399. The highest BCUT2D eigenvalue weighted by Crippen LogP contribution is 2.32. The van der Waals surface area contributed by atoms with E-state index in [1.54, 1.807) is 22.5 Å². The quantitative estimate of drug-likeness (QED) is 0.629. The molecular formula is C22H22FN3O2S. The number of morpholine rings is 1. The van der Waals surface area contributed by atoms with E-state index >= 15 is 0 Å². The molecule has 0 bridgehead atoms. The second-order valence-corrected chi connectivity index (χ2v) is 7.67. The number of carbonyl (C=O) groups excluding carboxylic acids is 1. The number of amides is 1. The maximum Gasteiger partial charge on any atom is 0.259 e. The van der Waals surface area contributed by atoms with Crippen molar-refractivity contribution < 1.29 is 13.9 Å².